The van der Waals surface area contributed by atoms with Crippen LogP contribution >= 0.6 is 7.91 Å². The molecule has 1 fully saturated rings. The molecule has 1 saturated heterocycles. The Bertz CT molecular complexity index is 352. The quantitative estimate of drug-likeness (QED) is 0.386. The Morgan fingerprint density at radius 1 is 1.50 bits per heavy atom. The number of halogens is 2. The van der Waals surface area contributed by atoms with E-state index in [4.69, 9.17) is 0 Å². The standard InChI is InChI=1S/C4H3F2N2O5P/c5-14(6,12)8-2(9)1-3(10)13-4(11)7-1/h1H,(H,7,11)(H,8,9,12). The number of hydrogen-bond donors (Lipinski definition) is 2. The molecule has 10 heteroatoms. The maximum atomic E-state index is 11.8. The van der Waals surface area contributed by atoms with Gasteiger partial charge in [0.15, 0.2) is 0 Å². The molecule has 0 bridgehead atoms. The minimum absolute atomic E-state index is 0.780. The van der Waals surface area contributed by atoms with Crippen LogP contribution in [0.4, 0.5) is 13.2 Å². The van der Waals surface area contributed by atoms with Crippen LogP contribution in [0.1, 0.15) is 0 Å². The molecule has 0 spiro atoms. The zero-order chi connectivity index (χ0) is 10.9. The highest BCUT2D eigenvalue weighted by molar-refractivity contribution is 7.51. The van der Waals surface area contributed by atoms with Gasteiger partial charge in [0.2, 0.25) is 6.04 Å². The minimum atomic E-state index is -5.78. The zero-order valence-corrected chi connectivity index (χ0v) is 7.22. The molecule has 1 atom stereocenters. The highest BCUT2D eigenvalue weighted by Gasteiger charge is 2.41. The van der Waals surface area contributed by atoms with Crippen LogP contribution in [0, 0.1) is 0 Å². The highest BCUT2D eigenvalue weighted by atomic mass is 31.2. The Kier molecular flexibility index (Phi) is 2.52. The fourth-order valence-corrected chi connectivity index (χ4v) is 1.11. The predicted molar refractivity (Wildman–Crippen MR) is 36.4 cm³/mol. The predicted octanol–water partition coefficient (Wildman–Crippen LogP) is -0.215. The first-order valence-electron chi connectivity index (χ1n) is 3.13. The number of rotatable bonds is 2. The molecule has 1 unspecified atom stereocenters. The smallest absolute Gasteiger partial charge is 0.374 e. The fourth-order valence-electron chi connectivity index (χ4n) is 0.722. The fraction of sp³-hybridized carbons (Fsp3) is 0.250. The van der Waals surface area contributed by atoms with Gasteiger partial charge in [-0.15, -0.1) is 8.39 Å². The van der Waals surface area contributed by atoms with Gasteiger partial charge in [0.25, 0.3) is 5.91 Å². The largest absolute Gasteiger partial charge is 0.510 e. The molecule has 0 aromatic heterocycles. The Hall–Kier alpha value is -1.50. The summed E-state index contributed by atoms with van der Waals surface area (Å²) >= 11 is 0. The van der Waals surface area contributed by atoms with E-state index in [0.717, 1.165) is 5.09 Å². The van der Waals surface area contributed by atoms with E-state index in [-0.39, 0.29) is 0 Å². The normalized spacial score (nSPS) is 21.4. The van der Waals surface area contributed by atoms with Crippen molar-refractivity contribution in [3.8, 4) is 0 Å². The van der Waals surface area contributed by atoms with E-state index in [0.29, 0.717) is 0 Å². The molecule has 1 heterocycles. The molecule has 0 radical (unpaired) electrons. The summed E-state index contributed by atoms with van der Waals surface area (Å²) in [5.74, 6) is -2.89. The molecule has 0 aliphatic carbocycles. The lowest BCUT2D eigenvalue weighted by atomic mass is 10.3. The van der Waals surface area contributed by atoms with Gasteiger partial charge in [-0.1, -0.05) is 0 Å². The number of esters is 1. The summed E-state index contributed by atoms with van der Waals surface area (Å²) in [6.07, 6.45) is -1.22. The van der Waals surface area contributed by atoms with Gasteiger partial charge in [-0.2, -0.15) is 0 Å². The molecule has 78 valence electrons. The zero-order valence-electron chi connectivity index (χ0n) is 6.32. The number of carbonyl (C=O) groups excluding carboxylic acids is 3. The SMILES string of the molecule is O=C1NC(C(=O)NP(=O)(F)F)C(=O)O1. The molecule has 0 aromatic carbocycles. The van der Waals surface area contributed by atoms with Gasteiger partial charge in [0.1, 0.15) is 0 Å². The minimum Gasteiger partial charge on any atom is -0.374 e. The first-order chi connectivity index (χ1) is 6.29. The molecule has 0 aromatic rings. The first-order valence-corrected chi connectivity index (χ1v) is 4.62. The molecular formula is C4H3F2N2O5P. The van der Waals surface area contributed by atoms with E-state index in [1.54, 1.807) is 5.32 Å². The Morgan fingerprint density at radius 3 is 2.43 bits per heavy atom. The average Bonchev–Trinajstić information content (AvgIpc) is 2.26. The van der Waals surface area contributed by atoms with Crippen LogP contribution in [0.5, 0.6) is 0 Å². The van der Waals surface area contributed by atoms with Crippen molar-refractivity contribution >= 4 is 25.9 Å². The van der Waals surface area contributed by atoms with Gasteiger partial charge in [-0.3, -0.25) is 15.2 Å². The van der Waals surface area contributed by atoms with Crippen LogP contribution in [-0.2, 0) is 18.9 Å². The molecule has 0 saturated carbocycles. The van der Waals surface area contributed by atoms with Crippen LogP contribution in [-0.4, -0.2) is 24.0 Å². The lowest BCUT2D eigenvalue weighted by Gasteiger charge is -2.05. The van der Waals surface area contributed by atoms with Gasteiger partial charge in [-0.05, 0) is 0 Å². The van der Waals surface area contributed by atoms with Gasteiger partial charge in [-0.25, -0.2) is 14.2 Å². The molecule has 1 aliphatic rings. The summed E-state index contributed by atoms with van der Waals surface area (Å²) in [6.45, 7) is 0. The topological polar surface area (TPSA) is 102 Å². The van der Waals surface area contributed by atoms with Gasteiger partial charge in [0, 0.05) is 0 Å². The second-order valence-corrected chi connectivity index (χ2v) is 3.37. The van der Waals surface area contributed by atoms with Gasteiger partial charge < -0.3 is 4.74 Å². The van der Waals surface area contributed by atoms with Crippen molar-refractivity contribution in [2.45, 2.75) is 6.04 Å². The second-order valence-electron chi connectivity index (χ2n) is 2.22. The molecule has 7 nitrogen and oxygen atoms in total. The van der Waals surface area contributed by atoms with Crippen molar-refractivity contribution in [1.82, 2.24) is 10.4 Å². The van der Waals surface area contributed by atoms with Crippen LogP contribution in [0.3, 0.4) is 0 Å². The van der Waals surface area contributed by atoms with Crippen molar-refractivity contribution < 1.29 is 32.1 Å². The number of alkyl carbamates (subject to hydrolysis) is 1. The monoisotopic (exact) mass is 228 g/mol. The molecule has 1 rings (SSSR count). The summed E-state index contributed by atoms with van der Waals surface area (Å²) in [5, 5.41) is 2.43. The third-order valence-electron chi connectivity index (χ3n) is 1.19. The molecule has 1 aliphatic heterocycles. The van der Waals surface area contributed by atoms with Crippen molar-refractivity contribution in [3.05, 3.63) is 0 Å². The average molecular weight is 228 g/mol. The summed E-state index contributed by atoms with van der Waals surface area (Å²) in [4.78, 5) is 31.7. The first kappa shape index (κ1) is 10.6. The van der Waals surface area contributed by atoms with E-state index < -0.39 is 31.9 Å². The van der Waals surface area contributed by atoms with E-state index in [1.807, 2.05) is 0 Å². The van der Waals surface area contributed by atoms with Crippen LogP contribution in [0.25, 0.3) is 0 Å². The number of amides is 2. The molecule has 14 heavy (non-hydrogen) atoms. The van der Waals surface area contributed by atoms with Crippen LogP contribution in [0.2, 0.25) is 0 Å². The Labute approximate surface area is 75.4 Å². The molecule has 2 amide bonds. The number of hydrogen-bond acceptors (Lipinski definition) is 5. The third-order valence-corrected chi connectivity index (χ3v) is 1.67. The van der Waals surface area contributed by atoms with Crippen molar-refractivity contribution in [2.75, 3.05) is 0 Å². The maximum absolute atomic E-state index is 11.8. The van der Waals surface area contributed by atoms with Crippen molar-refractivity contribution in [2.24, 2.45) is 0 Å². The maximum Gasteiger partial charge on any atom is 0.510 e. The lowest BCUT2D eigenvalue weighted by molar-refractivity contribution is -0.139. The van der Waals surface area contributed by atoms with E-state index >= 15 is 0 Å². The van der Waals surface area contributed by atoms with Crippen molar-refractivity contribution in [3.63, 3.8) is 0 Å². The summed E-state index contributed by atoms with van der Waals surface area (Å²) in [6, 6.07) is -1.87. The Morgan fingerprint density at radius 2 is 2.07 bits per heavy atom. The Balaban J connectivity index is 2.67. The lowest BCUT2D eigenvalue weighted by Crippen LogP contribution is -2.42. The number of cyclic esters (lactones) is 2. The molecule has 2 N–H and O–H groups in total. The van der Waals surface area contributed by atoms with E-state index in [1.165, 1.54) is 0 Å². The second kappa shape index (κ2) is 3.33. The summed E-state index contributed by atoms with van der Waals surface area (Å²) in [7, 11) is -5.78. The van der Waals surface area contributed by atoms with Crippen molar-refractivity contribution in [1.29, 1.82) is 0 Å². The number of carbonyl (C=O) groups is 3. The third kappa shape index (κ3) is 2.49. The van der Waals surface area contributed by atoms with E-state index in [2.05, 4.69) is 4.74 Å². The highest BCUT2D eigenvalue weighted by Crippen LogP contribution is 2.44. The van der Waals surface area contributed by atoms with Crippen LogP contribution in [0.15, 0.2) is 0 Å². The summed E-state index contributed by atoms with van der Waals surface area (Å²) < 4.78 is 37.3. The summed E-state index contributed by atoms with van der Waals surface area (Å²) in [5.41, 5.74) is 0. The molecular weight excluding hydrogens is 225 g/mol. The van der Waals surface area contributed by atoms with E-state index in [9.17, 15) is 27.3 Å². The van der Waals surface area contributed by atoms with Gasteiger partial charge in [0.05, 0.1) is 0 Å². The van der Waals surface area contributed by atoms with Crippen LogP contribution < -0.4 is 10.4 Å². The van der Waals surface area contributed by atoms with Gasteiger partial charge >= 0.3 is 20.0 Å². The number of ether oxygens (including phenoxy) is 1. The number of nitrogens with one attached hydrogen (secondary N) is 2.